The van der Waals surface area contributed by atoms with E-state index in [2.05, 4.69) is 0 Å². The fraction of sp³-hybridized carbons (Fsp3) is 0.417. The Balaban J connectivity index is 2.93. The zero-order valence-electron chi connectivity index (χ0n) is 9.37. The van der Waals surface area contributed by atoms with E-state index >= 15 is 0 Å². The summed E-state index contributed by atoms with van der Waals surface area (Å²) in [5.74, 6) is -0.185. The molecule has 4 heteroatoms. The van der Waals surface area contributed by atoms with Gasteiger partial charge in [-0.25, -0.2) is 0 Å². The molecule has 0 amide bonds. The van der Waals surface area contributed by atoms with E-state index in [1.165, 1.54) is 0 Å². The lowest BCUT2D eigenvalue weighted by molar-refractivity contribution is -0.137. The van der Waals surface area contributed by atoms with Crippen molar-refractivity contribution in [2.24, 2.45) is 0 Å². The Kier molecular flexibility index (Phi) is 4.62. The molecular weight excluding hydrogens is 228 g/mol. The highest BCUT2D eigenvalue weighted by Gasteiger charge is 2.14. The second-order valence-electron chi connectivity index (χ2n) is 3.60. The van der Waals surface area contributed by atoms with Crippen molar-refractivity contribution >= 4 is 17.6 Å². The summed E-state index contributed by atoms with van der Waals surface area (Å²) < 4.78 is 5.05. The predicted molar refractivity (Wildman–Crippen MR) is 63.3 cm³/mol. The van der Waals surface area contributed by atoms with Gasteiger partial charge in [0.2, 0.25) is 0 Å². The number of carbonyl (C=O) groups is 1. The largest absolute Gasteiger partial charge is 0.495 e. The van der Waals surface area contributed by atoms with E-state index in [-0.39, 0.29) is 12.3 Å². The van der Waals surface area contributed by atoms with Crippen molar-refractivity contribution in [1.29, 1.82) is 0 Å². The van der Waals surface area contributed by atoms with Gasteiger partial charge in [0, 0.05) is 0 Å². The molecule has 1 rings (SSSR count). The first-order valence-corrected chi connectivity index (χ1v) is 5.51. The van der Waals surface area contributed by atoms with Crippen LogP contribution in [0.3, 0.4) is 0 Å². The van der Waals surface area contributed by atoms with Gasteiger partial charge in [-0.05, 0) is 30.0 Å². The maximum Gasteiger partial charge on any atom is 0.303 e. The molecule has 1 N–H and O–H groups in total. The first-order chi connectivity index (χ1) is 7.58. The first-order valence-electron chi connectivity index (χ1n) is 5.13. The third kappa shape index (κ3) is 3.14. The normalized spacial score (nSPS) is 12.2. The summed E-state index contributed by atoms with van der Waals surface area (Å²) in [5, 5.41) is 9.31. The van der Waals surface area contributed by atoms with Gasteiger partial charge in [-0.3, -0.25) is 4.79 Å². The zero-order valence-corrected chi connectivity index (χ0v) is 10.1. The average Bonchev–Trinajstić information content (AvgIpc) is 2.25. The van der Waals surface area contributed by atoms with Crippen molar-refractivity contribution in [2.75, 3.05) is 7.11 Å². The van der Waals surface area contributed by atoms with Crippen molar-refractivity contribution in [3.63, 3.8) is 0 Å². The second-order valence-corrected chi connectivity index (χ2v) is 4.00. The van der Waals surface area contributed by atoms with Crippen LogP contribution in [0, 0.1) is 0 Å². The molecule has 0 aromatic heterocycles. The summed E-state index contributed by atoms with van der Waals surface area (Å²) in [4.78, 5) is 10.7. The molecule has 1 aromatic carbocycles. The molecule has 0 saturated carbocycles. The molecule has 0 spiro atoms. The highest BCUT2D eigenvalue weighted by Crippen LogP contribution is 2.31. The topological polar surface area (TPSA) is 46.5 Å². The molecule has 0 aliphatic rings. The number of rotatable bonds is 5. The third-order valence-electron chi connectivity index (χ3n) is 2.56. The van der Waals surface area contributed by atoms with E-state index in [1.807, 2.05) is 13.0 Å². The number of ether oxygens (including phenoxy) is 1. The van der Waals surface area contributed by atoms with Gasteiger partial charge >= 0.3 is 5.97 Å². The van der Waals surface area contributed by atoms with Crippen LogP contribution in [0.15, 0.2) is 18.2 Å². The lowest BCUT2D eigenvalue weighted by Gasteiger charge is -2.14. The van der Waals surface area contributed by atoms with E-state index in [0.29, 0.717) is 10.8 Å². The summed E-state index contributed by atoms with van der Waals surface area (Å²) in [6, 6.07) is 5.40. The smallest absolute Gasteiger partial charge is 0.303 e. The molecule has 1 aromatic rings. The van der Waals surface area contributed by atoms with Crippen LogP contribution in [-0.4, -0.2) is 18.2 Å². The summed E-state index contributed by atoms with van der Waals surface area (Å²) in [5.41, 5.74) is 0.940. The molecule has 0 fully saturated rings. The number of benzene rings is 1. The van der Waals surface area contributed by atoms with E-state index in [9.17, 15) is 4.79 Å². The van der Waals surface area contributed by atoms with Gasteiger partial charge in [-0.2, -0.15) is 0 Å². The van der Waals surface area contributed by atoms with Crippen LogP contribution < -0.4 is 4.74 Å². The van der Waals surface area contributed by atoms with Crippen LogP contribution >= 0.6 is 11.6 Å². The molecule has 1 atom stereocenters. The molecule has 0 heterocycles. The number of carboxylic acid groups (broad SMARTS) is 1. The summed E-state index contributed by atoms with van der Waals surface area (Å²) >= 11 is 5.99. The Morgan fingerprint density at radius 3 is 2.69 bits per heavy atom. The van der Waals surface area contributed by atoms with Crippen LogP contribution in [0.25, 0.3) is 0 Å². The summed E-state index contributed by atoms with van der Waals surface area (Å²) in [6.07, 6.45) is 0.897. The van der Waals surface area contributed by atoms with Crippen LogP contribution in [0.2, 0.25) is 5.02 Å². The quantitative estimate of drug-likeness (QED) is 0.862. The van der Waals surface area contributed by atoms with Crippen molar-refractivity contribution in [2.45, 2.75) is 25.7 Å². The van der Waals surface area contributed by atoms with E-state index in [4.69, 9.17) is 21.4 Å². The minimum Gasteiger partial charge on any atom is -0.495 e. The van der Waals surface area contributed by atoms with Crippen molar-refractivity contribution < 1.29 is 14.6 Å². The number of aliphatic carboxylic acids is 1. The van der Waals surface area contributed by atoms with Gasteiger partial charge in [-0.15, -0.1) is 0 Å². The zero-order chi connectivity index (χ0) is 12.1. The van der Waals surface area contributed by atoms with E-state index < -0.39 is 5.97 Å². The van der Waals surface area contributed by atoms with E-state index in [0.717, 1.165) is 12.0 Å². The fourth-order valence-electron chi connectivity index (χ4n) is 1.65. The third-order valence-corrected chi connectivity index (χ3v) is 2.86. The SMILES string of the molecule is CCC(CC(=O)O)c1ccc(OC)c(Cl)c1. The van der Waals surface area contributed by atoms with Crippen LogP contribution in [-0.2, 0) is 4.79 Å². The Labute approximate surface area is 100.0 Å². The van der Waals surface area contributed by atoms with Gasteiger partial charge in [0.15, 0.2) is 0 Å². The maximum atomic E-state index is 10.7. The number of hydrogen-bond acceptors (Lipinski definition) is 2. The number of hydrogen-bond donors (Lipinski definition) is 1. The van der Waals surface area contributed by atoms with Gasteiger partial charge in [-0.1, -0.05) is 24.6 Å². The number of carboxylic acids is 1. The minimum absolute atomic E-state index is 0.000839. The highest BCUT2D eigenvalue weighted by atomic mass is 35.5. The van der Waals surface area contributed by atoms with Crippen LogP contribution in [0.4, 0.5) is 0 Å². The van der Waals surface area contributed by atoms with Gasteiger partial charge in [0.05, 0.1) is 18.6 Å². The van der Waals surface area contributed by atoms with Crippen molar-refractivity contribution in [1.82, 2.24) is 0 Å². The number of methoxy groups -OCH3 is 1. The predicted octanol–water partition coefficient (Wildman–Crippen LogP) is 3.32. The second kappa shape index (κ2) is 5.75. The van der Waals surface area contributed by atoms with Crippen molar-refractivity contribution in [3.8, 4) is 5.75 Å². The highest BCUT2D eigenvalue weighted by molar-refractivity contribution is 6.32. The lowest BCUT2D eigenvalue weighted by atomic mass is 9.93. The molecule has 0 saturated heterocycles. The molecule has 0 aliphatic carbocycles. The fourth-order valence-corrected chi connectivity index (χ4v) is 1.91. The Morgan fingerprint density at radius 1 is 1.56 bits per heavy atom. The van der Waals surface area contributed by atoms with Gasteiger partial charge in [0.25, 0.3) is 0 Å². The Hall–Kier alpha value is -1.22. The minimum atomic E-state index is -0.793. The molecule has 0 aliphatic heterocycles. The molecule has 0 radical (unpaired) electrons. The molecule has 88 valence electrons. The molecule has 1 unspecified atom stereocenters. The lowest BCUT2D eigenvalue weighted by Crippen LogP contribution is -2.05. The summed E-state index contributed by atoms with van der Waals surface area (Å²) in [7, 11) is 1.55. The summed E-state index contributed by atoms with van der Waals surface area (Å²) in [6.45, 7) is 1.96. The maximum absolute atomic E-state index is 10.7. The standard InChI is InChI=1S/C12H15ClO3/c1-3-8(7-12(14)15)9-4-5-11(16-2)10(13)6-9/h4-6,8H,3,7H2,1-2H3,(H,14,15). The van der Waals surface area contributed by atoms with Crippen LogP contribution in [0.5, 0.6) is 5.75 Å². The number of halogens is 1. The van der Waals surface area contributed by atoms with Gasteiger partial charge in [0.1, 0.15) is 5.75 Å². The van der Waals surface area contributed by atoms with E-state index in [1.54, 1.807) is 19.2 Å². The molecule has 0 bridgehead atoms. The van der Waals surface area contributed by atoms with Gasteiger partial charge < -0.3 is 9.84 Å². The van der Waals surface area contributed by atoms with Crippen LogP contribution in [0.1, 0.15) is 31.2 Å². The first kappa shape index (κ1) is 12.8. The molecular formula is C12H15ClO3. The van der Waals surface area contributed by atoms with Crippen molar-refractivity contribution in [3.05, 3.63) is 28.8 Å². The monoisotopic (exact) mass is 242 g/mol. The molecule has 3 nitrogen and oxygen atoms in total. The Bertz CT molecular complexity index is 377. The average molecular weight is 243 g/mol. The molecule has 16 heavy (non-hydrogen) atoms. The Morgan fingerprint density at radius 2 is 2.25 bits per heavy atom.